The van der Waals surface area contributed by atoms with E-state index < -0.39 is 5.54 Å². The predicted octanol–water partition coefficient (Wildman–Crippen LogP) is 2.02. The lowest BCUT2D eigenvalue weighted by atomic mass is 10.0. The van der Waals surface area contributed by atoms with Crippen molar-refractivity contribution in [1.82, 2.24) is 19.9 Å². The van der Waals surface area contributed by atoms with Crippen LogP contribution in [0.15, 0.2) is 22.0 Å². The van der Waals surface area contributed by atoms with Crippen molar-refractivity contribution in [2.75, 3.05) is 26.2 Å². The molecule has 2 aromatic heterocycles. The van der Waals surface area contributed by atoms with Gasteiger partial charge in [-0.15, -0.1) is 36.2 Å². The molecule has 7 nitrogen and oxygen atoms in total. The molecular formula is C15H23Cl2N5O2S. The number of carbonyl (C=O) groups is 1. The average molecular weight is 408 g/mol. The second-order valence-corrected chi connectivity index (χ2v) is 7.23. The molecular weight excluding hydrogens is 385 g/mol. The van der Waals surface area contributed by atoms with Gasteiger partial charge in [-0.25, -0.2) is 0 Å². The Morgan fingerprint density at radius 3 is 2.56 bits per heavy atom. The minimum Gasteiger partial charge on any atom is -0.339 e. The van der Waals surface area contributed by atoms with E-state index in [9.17, 15) is 4.79 Å². The first-order valence-electron chi connectivity index (χ1n) is 7.60. The fraction of sp³-hybridized carbons (Fsp3) is 0.533. The molecule has 3 heterocycles. The van der Waals surface area contributed by atoms with Crippen LogP contribution in [0.4, 0.5) is 0 Å². The van der Waals surface area contributed by atoms with Gasteiger partial charge in [0.2, 0.25) is 17.6 Å². The van der Waals surface area contributed by atoms with Crippen LogP contribution < -0.4 is 5.73 Å². The Morgan fingerprint density at radius 1 is 1.32 bits per heavy atom. The van der Waals surface area contributed by atoms with Gasteiger partial charge in [0.25, 0.3) is 0 Å². The van der Waals surface area contributed by atoms with Crippen LogP contribution in [0.1, 0.15) is 19.7 Å². The number of nitrogens with zero attached hydrogens (tertiary/aromatic N) is 4. The van der Waals surface area contributed by atoms with Gasteiger partial charge in [0.05, 0.1) is 17.0 Å². The number of rotatable bonds is 4. The Hall–Kier alpha value is -1.19. The van der Waals surface area contributed by atoms with Gasteiger partial charge in [0, 0.05) is 26.2 Å². The minimum absolute atomic E-state index is 0. The fourth-order valence-corrected chi connectivity index (χ4v) is 3.18. The molecule has 1 amide bonds. The number of amides is 1. The summed E-state index contributed by atoms with van der Waals surface area (Å²) in [6.45, 7) is 6.98. The van der Waals surface area contributed by atoms with E-state index in [0.717, 1.165) is 18.0 Å². The van der Waals surface area contributed by atoms with Crippen molar-refractivity contribution in [3.8, 4) is 10.7 Å². The third-order valence-electron chi connectivity index (χ3n) is 3.78. The van der Waals surface area contributed by atoms with Crippen LogP contribution in [-0.2, 0) is 11.3 Å². The molecule has 0 unspecified atom stereocenters. The summed E-state index contributed by atoms with van der Waals surface area (Å²) in [6, 6.07) is 3.93. The van der Waals surface area contributed by atoms with Crippen molar-refractivity contribution in [3.63, 3.8) is 0 Å². The zero-order chi connectivity index (χ0) is 16.4. The molecule has 0 spiro atoms. The van der Waals surface area contributed by atoms with Crippen molar-refractivity contribution in [2.45, 2.75) is 25.9 Å². The summed E-state index contributed by atoms with van der Waals surface area (Å²) < 4.78 is 5.32. The molecule has 25 heavy (non-hydrogen) atoms. The fourth-order valence-electron chi connectivity index (χ4n) is 2.53. The number of hydrogen-bond donors (Lipinski definition) is 1. The van der Waals surface area contributed by atoms with E-state index in [-0.39, 0.29) is 30.7 Å². The van der Waals surface area contributed by atoms with Gasteiger partial charge in [-0.3, -0.25) is 9.69 Å². The Labute approximate surface area is 163 Å². The second kappa shape index (κ2) is 8.95. The number of carbonyl (C=O) groups excluding carboxylic acids is 1. The number of thiophene rings is 1. The molecule has 0 saturated carbocycles. The minimum atomic E-state index is -0.815. The molecule has 0 aromatic carbocycles. The van der Waals surface area contributed by atoms with E-state index in [1.165, 1.54) is 0 Å². The zero-order valence-corrected chi connectivity index (χ0v) is 16.6. The van der Waals surface area contributed by atoms with Crippen LogP contribution in [-0.4, -0.2) is 57.6 Å². The van der Waals surface area contributed by atoms with Crippen molar-refractivity contribution in [3.05, 3.63) is 23.4 Å². The van der Waals surface area contributed by atoms with E-state index in [1.54, 1.807) is 25.2 Å². The smallest absolute Gasteiger partial charge is 0.242 e. The van der Waals surface area contributed by atoms with Gasteiger partial charge in [0.15, 0.2) is 0 Å². The first-order valence-corrected chi connectivity index (χ1v) is 8.48. The standard InChI is InChI=1S/C15H21N5O2S.2ClH/c1-15(2,16)14(21)20-7-5-19(6-8-20)10-12-17-13(18-22-12)11-4-3-9-23-11;;/h3-4,9H,5-8,10,16H2,1-2H3;2*1H. The Morgan fingerprint density at radius 2 is 2.00 bits per heavy atom. The molecule has 0 bridgehead atoms. The summed E-state index contributed by atoms with van der Waals surface area (Å²) >= 11 is 1.59. The van der Waals surface area contributed by atoms with E-state index in [2.05, 4.69) is 15.0 Å². The van der Waals surface area contributed by atoms with Crippen molar-refractivity contribution < 1.29 is 9.32 Å². The summed E-state index contributed by atoms with van der Waals surface area (Å²) in [5.74, 6) is 1.23. The lowest BCUT2D eigenvalue weighted by molar-refractivity contribution is -0.137. The third kappa shape index (κ3) is 5.39. The van der Waals surface area contributed by atoms with Gasteiger partial charge in [-0.1, -0.05) is 11.2 Å². The first kappa shape index (κ1) is 21.9. The lowest BCUT2D eigenvalue weighted by Gasteiger charge is -2.36. The summed E-state index contributed by atoms with van der Waals surface area (Å²) in [6.07, 6.45) is 0. The van der Waals surface area contributed by atoms with Gasteiger partial charge in [-0.2, -0.15) is 4.98 Å². The maximum absolute atomic E-state index is 12.2. The van der Waals surface area contributed by atoms with Gasteiger partial charge < -0.3 is 15.2 Å². The van der Waals surface area contributed by atoms with E-state index in [1.807, 2.05) is 22.4 Å². The first-order chi connectivity index (χ1) is 10.9. The molecule has 1 fully saturated rings. The number of nitrogens with two attached hydrogens (primary N) is 1. The van der Waals surface area contributed by atoms with E-state index in [0.29, 0.717) is 31.3 Å². The molecule has 0 radical (unpaired) electrons. The summed E-state index contributed by atoms with van der Waals surface area (Å²) in [5.41, 5.74) is 5.06. The molecule has 2 aromatic rings. The monoisotopic (exact) mass is 407 g/mol. The number of piperazine rings is 1. The molecule has 1 aliphatic rings. The second-order valence-electron chi connectivity index (χ2n) is 6.28. The van der Waals surface area contributed by atoms with Gasteiger partial charge in [0.1, 0.15) is 0 Å². The Balaban J connectivity index is 0.00000156. The number of halogens is 2. The highest BCUT2D eigenvalue weighted by Crippen LogP contribution is 2.21. The third-order valence-corrected chi connectivity index (χ3v) is 4.65. The van der Waals surface area contributed by atoms with Crippen molar-refractivity contribution >= 4 is 42.1 Å². The van der Waals surface area contributed by atoms with Gasteiger partial charge >= 0.3 is 0 Å². The molecule has 1 saturated heterocycles. The van der Waals surface area contributed by atoms with Crippen molar-refractivity contribution in [2.24, 2.45) is 5.73 Å². The predicted molar refractivity (Wildman–Crippen MR) is 102 cm³/mol. The topological polar surface area (TPSA) is 88.5 Å². The van der Waals surface area contributed by atoms with Crippen LogP contribution in [0.5, 0.6) is 0 Å². The number of aromatic nitrogens is 2. The normalized spacial score (nSPS) is 15.4. The van der Waals surface area contributed by atoms with Crippen LogP contribution in [0.3, 0.4) is 0 Å². The lowest BCUT2D eigenvalue weighted by Crippen LogP contribution is -2.56. The van der Waals surface area contributed by atoms with Crippen LogP contribution in [0.2, 0.25) is 0 Å². The van der Waals surface area contributed by atoms with Gasteiger partial charge in [-0.05, 0) is 25.3 Å². The molecule has 0 aliphatic carbocycles. The molecule has 0 atom stereocenters. The maximum Gasteiger partial charge on any atom is 0.242 e. The van der Waals surface area contributed by atoms with Crippen molar-refractivity contribution in [1.29, 1.82) is 0 Å². The highest BCUT2D eigenvalue weighted by molar-refractivity contribution is 7.13. The van der Waals surface area contributed by atoms with E-state index >= 15 is 0 Å². The largest absolute Gasteiger partial charge is 0.339 e. The Bertz CT molecular complexity index is 664. The highest BCUT2D eigenvalue weighted by Gasteiger charge is 2.30. The van der Waals surface area contributed by atoms with Crippen LogP contribution >= 0.6 is 36.2 Å². The molecule has 10 heteroatoms. The Kier molecular flexibility index (Phi) is 7.83. The zero-order valence-electron chi connectivity index (χ0n) is 14.2. The summed E-state index contributed by atoms with van der Waals surface area (Å²) in [4.78, 5) is 21.6. The highest BCUT2D eigenvalue weighted by atomic mass is 35.5. The molecule has 2 N–H and O–H groups in total. The molecule has 1 aliphatic heterocycles. The quantitative estimate of drug-likeness (QED) is 0.833. The van der Waals surface area contributed by atoms with Crippen LogP contribution in [0.25, 0.3) is 10.7 Å². The molecule has 140 valence electrons. The van der Waals surface area contributed by atoms with E-state index in [4.69, 9.17) is 10.3 Å². The average Bonchev–Trinajstić information content (AvgIpc) is 3.17. The SMILES string of the molecule is CC(C)(N)C(=O)N1CCN(Cc2nc(-c3cccs3)no2)CC1.Cl.Cl. The summed E-state index contributed by atoms with van der Waals surface area (Å²) in [5, 5.41) is 6.00. The maximum atomic E-state index is 12.2. The summed E-state index contributed by atoms with van der Waals surface area (Å²) in [7, 11) is 0. The molecule has 3 rings (SSSR count). The number of hydrogen-bond acceptors (Lipinski definition) is 7. The van der Waals surface area contributed by atoms with Crippen LogP contribution in [0, 0.1) is 0 Å².